The fourth-order valence-corrected chi connectivity index (χ4v) is 2.33. The van der Waals surface area contributed by atoms with Crippen molar-refractivity contribution in [3.05, 3.63) is 48.0 Å². The van der Waals surface area contributed by atoms with Crippen LogP contribution in [0.5, 0.6) is 0 Å². The molecule has 0 radical (unpaired) electrons. The van der Waals surface area contributed by atoms with Crippen LogP contribution < -0.4 is 0 Å². The van der Waals surface area contributed by atoms with Gasteiger partial charge in [-0.05, 0) is 18.2 Å². The number of alkyl halides is 1. The van der Waals surface area contributed by atoms with Crippen molar-refractivity contribution >= 4 is 22.6 Å². The van der Waals surface area contributed by atoms with Crippen LogP contribution in [0.15, 0.2) is 36.5 Å². The summed E-state index contributed by atoms with van der Waals surface area (Å²) in [6.07, 6.45) is 1.80. The predicted molar refractivity (Wildman–Crippen MR) is 71.6 cm³/mol. The van der Waals surface area contributed by atoms with Gasteiger partial charge in [-0.1, -0.05) is 12.1 Å². The quantitative estimate of drug-likeness (QED) is 0.679. The molecule has 0 spiro atoms. The summed E-state index contributed by atoms with van der Waals surface area (Å²) in [6, 6.07) is 10.1. The molecule has 0 unspecified atom stereocenters. The molecule has 1 aromatic carbocycles. The Morgan fingerprint density at radius 2 is 2.06 bits per heavy atom. The second-order valence-corrected chi connectivity index (χ2v) is 4.45. The Bertz CT molecular complexity index is 683. The molecule has 4 nitrogen and oxygen atoms in total. The van der Waals surface area contributed by atoms with E-state index in [2.05, 4.69) is 20.7 Å². The Morgan fingerprint density at radius 3 is 2.78 bits per heavy atom. The molecule has 0 saturated heterocycles. The number of aryl methyl sites for hydroxylation is 1. The van der Waals surface area contributed by atoms with Crippen LogP contribution in [-0.2, 0) is 19.5 Å². The molecule has 0 N–H and O–H groups in total. The van der Waals surface area contributed by atoms with Crippen LogP contribution in [-0.4, -0.2) is 19.3 Å². The molecule has 0 fully saturated rings. The lowest BCUT2D eigenvalue weighted by molar-refractivity contribution is 0.663. The van der Waals surface area contributed by atoms with Crippen molar-refractivity contribution < 1.29 is 0 Å². The first-order chi connectivity index (χ1) is 8.79. The summed E-state index contributed by atoms with van der Waals surface area (Å²) >= 11 is 5.98. The number of nitrogens with zero attached hydrogens (tertiary/aromatic N) is 4. The first-order valence-electron chi connectivity index (χ1n) is 5.76. The minimum atomic E-state index is 0.409. The molecule has 5 heteroatoms. The summed E-state index contributed by atoms with van der Waals surface area (Å²) in [5.41, 5.74) is 3.22. The van der Waals surface area contributed by atoms with E-state index in [-0.39, 0.29) is 0 Å². The van der Waals surface area contributed by atoms with Gasteiger partial charge in [0.25, 0.3) is 0 Å². The van der Waals surface area contributed by atoms with E-state index < -0.39 is 0 Å². The van der Waals surface area contributed by atoms with Crippen molar-refractivity contribution in [2.24, 2.45) is 7.05 Å². The average molecular weight is 261 g/mol. The minimum Gasteiger partial charge on any atom is -0.321 e. The number of fused-ring (bicyclic) bond motifs is 1. The highest BCUT2D eigenvalue weighted by molar-refractivity contribution is 6.16. The zero-order valence-corrected chi connectivity index (χ0v) is 10.8. The van der Waals surface area contributed by atoms with Gasteiger partial charge in [-0.3, -0.25) is 4.68 Å². The van der Waals surface area contributed by atoms with Gasteiger partial charge < -0.3 is 4.57 Å². The molecule has 0 bridgehead atoms. The third-order valence-corrected chi connectivity index (χ3v) is 3.33. The lowest BCUT2D eigenvalue weighted by Crippen LogP contribution is -2.08. The van der Waals surface area contributed by atoms with E-state index >= 15 is 0 Å². The maximum absolute atomic E-state index is 5.98. The summed E-state index contributed by atoms with van der Waals surface area (Å²) in [5, 5.41) is 4.18. The van der Waals surface area contributed by atoms with Crippen LogP contribution in [0.1, 0.15) is 11.5 Å². The number of benzene rings is 1. The fourth-order valence-electron chi connectivity index (χ4n) is 2.12. The Morgan fingerprint density at radius 1 is 1.22 bits per heavy atom. The van der Waals surface area contributed by atoms with Crippen molar-refractivity contribution in [3.63, 3.8) is 0 Å². The molecule has 0 amide bonds. The number of imidazole rings is 1. The molecule has 2 heterocycles. The van der Waals surface area contributed by atoms with E-state index in [0.717, 1.165) is 29.1 Å². The number of hydrogen-bond donors (Lipinski definition) is 0. The highest BCUT2D eigenvalue weighted by atomic mass is 35.5. The molecule has 0 aliphatic heterocycles. The van der Waals surface area contributed by atoms with Crippen molar-refractivity contribution in [2.45, 2.75) is 12.4 Å². The molecular formula is C13H13ClN4. The van der Waals surface area contributed by atoms with E-state index in [0.29, 0.717) is 5.88 Å². The van der Waals surface area contributed by atoms with Crippen LogP contribution in [0.25, 0.3) is 11.0 Å². The normalized spacial score (nSPS) is 11.2. The van der Waals surface area contributed by atoms with Crippen molar-refractivity contribution in [1.29, 1.82) is 0 Å². The van der Waals surface area contributed by atoms with Gasteiger partial charge in [0.1, 0.15) is 5.82 Å². The van der Waals surface area contributed by atoms with Gasteiger partial charge in [-0.15, -0.1) is 11.6 Å². The fraction of sp³-hybridized carbons (Fsp3) is 0.231. The topological polar surface area (TPSA) is 35.6 Å². The maximum atomic E-state index is 5.98. The molecule has 3 aromatic rings. The van der Waals surface area contributed by atoms with Gasteiger partial charge in [-0.25, -0.2) is 4.98 Å². The van der Waals surface area contributed by atoms with Gasteiger partial charge in [0.15, 0.2) is 0 Å². The van der Waals surface area contributed by atoms with E-state index in [1.807, 2.05) is 36.0 Å². The van der Waals surface area contributed by atoms with E-state index in [1.54, 1.807) is 6.20 Å². The number of aromatic nitrogens is 4. The van der Waals surface area contributed by atoms with E-state index in [9.17, 15) is 0 Å². The first-order valence-corrected chi connectivity index (χ1v) is 6.30. The monoisotopic (exact) mass is 260 g/mol. The summed E-state index contributed by atoms with van der Waals surface area (Å²) in [4.78, 5) is 4.54. The Balaban J connectivity index is 2.12. The largest absolute Gasteiger partial charge is 0.321 e. The number of hydrogen-bond acceptors (Lipinski definition) is 2. The van der Waals surface area contributed by atoms with E-state index in [4.69, 9.17) is 11.6 Å². The average Bonchev–Trinajstić information content (AvgIpc) is 2.95. The van der Waals surface area contributed by atoms with Gasteiger partial charge in [-0.2, -0.15) is 5.10 Å². The number of rotatable bonds is 3. The van der Waals surface area contributed by atoms with Gasteiger partial charge in [0, 0.05) is 13.2 Å². The molecule has 0 saturated carbocycles. The molecule has 0 aliphatic carbocycles. The predicted octanol–water partition coefficient (Wildman–Crippen LogP) is 2.56. The van der Waals surface area contributed by atoms with Crippen LogP contribution in [0.2, 0.25) is 0 Å². The van der Waals surface area contributed by atoms with Crippen LogP contribution in [0, 0.1) is 0 Å². The Labute approximate surface area is 110 Å². The third kappa shape index (κ3) is 1.78. The molecule has 0 atom stereocenters. The van der Waals surface area contributed by atoms with Crippen molar-refractivity contribution in [1.82, 2.24) is 19.3 Å². The second kappa shape index (κ2) is 4.46. The van der Waals surface area contributed by atoms with E-state index in [1.165, 1.54) is 0 Å². The molecule has 2 aromatic heterocycles. The Hall–Kier alpha value is -1.81. The highest BCUT2D eigenvalue weighted by Gasteiger charge is 2.10. The lowest BCUT2D eigenvalue weighted by atomic mass is 10.3. The zero-order chi connectivity index (χ0) is 12.5. The number of para-hydroxylation sites is 2. The molecule has 0 aliphatic rings. The first kappa shape index (κ1) is 11.3. The smallest absolute Gasteiger partial charge is 0.125 e. The SMILES string of the molecule is Cn1nccc1Cn1c(CCl)nc2ccccc21. The van der Waals surface area contributed by atoms with Crippen LogP contribution >= 0.6 is 11.6 Å². The molecule has 92 valence electrons. The lowest BCUT2D eigenvalue weighted by Gasteiger charge is -2.07. The number of halogens is 1. The summed E-state index contributed by atoms with van der Waals surface area (Å²) in [7, 11) is 1.94. The van der Waals surface area contributed by atoms with Gasteiger partial charge >= 0.3 is 0 Å². The highest BCUT2D eigenvalue weighted by Crippen LogP contribution is 2.18. The standard InChI is InChI=1S/C13H13ClN4/c1-17-10(6-7-15-17)9-18-12-5-3-2-4-11(12)16-13(18)8-14/h2-7H,8-9H2,1H3. The summed E-state index contributed by atoms with van der Waals surface area (Å²) < 4.78 is 4.01. The van der Waals surface area contributed by atoms with Crippen LogP contribution in [0.4, 0.5) is 0 Å². The van der Waals surface area contributed by atoms with Crippen molar-refractivity contribution in [2.75, 3.05) is 0 Å². The minimum absolute atomic E-state index is 0.409. The van der Waals surface area contributed by atoms with Crippen molar-refractivity contribution in [3.8, 4) is 0 Å². The Kier molecular flexibility index (Phi) is 2.80. The summed E-state index contributed by atoms with van der Waals surface area (Å²) in [6.45, 7) is 0.735. The van der Waals surface area contributed by atoms with Gasteiger partial charge in [0.2, 0.25) is 0 Å². The van der Waals surface area contributed by atoms with Gasteiger partial charge in [0.05, 0.1) is 29.2 Å². The summed E-state index contributed by atoms with van der Waals surface area (Å²) in [5.74, 6) is 1.30. The zero-order valence-electron chi connectivity index (χ0n) is 10.0. The second-order valence-electron chi connectivity index (χ2n) is 4.18. The molecule has 3 rings (SSSR count). The van der Waals surface area contributed by atoms with Crippen LogP contribution in [0.3, 0.4) is 0 Å². The molecule has 18 heavy (non-hydrogen) atoms. The molecular weight excluding hydrogens is 248 g/mol. The maximum Gasteiger partial charge on any atom is 0.125 e. The third-order valence-electron chi connectivity index (χ3n) is 3.10.